The quantitative estimate of drug-likeness (QED) is 0.341. The summed E-state index contributed by atoms with van der Waals surface area (Å²) in [5, 5.41) is 8.75. The van der Waals surface area contributed by atoms with Crippen molar-refractivity contribution in [3.8, 4) is 0 Å². The smallest absolute Gasteiger partial charge is 0.410 e. The molecule has 1 aromatic heterocycles. The number of nitrogens with one attached hydrogen (secondary N) is 2. The fourth-order valence-electron chi connectivity index (χ4n) is 2.71. The summed E-state index contributed by atoms with van der Waals surface area (Å²) >= 11 is 1.72. The minimum atomic E-state index is -0.441. The van der Waals surface area contributed by atoms with E-state index < -0.39 is 5.60 Å². The van der Waals surface area contributed by atoms with Gasteiger partial charge < -0.3 is 20.3 Å². The molecule has 1 aliphatic heterocycles. The summed E-state index contributed by atoms with van der Waals surface area (Å²) in [6.07, 6.45) is -0.213. The zero-order valence-electron chi connectivity index (χ0n) is 17.4. The zero-order chi connectivity index (χ0) is 19.7. The number of halogens is 1. The van der Waals surface area contributed by atoms with Crippen LogP contribution < -0.4 is 10.6 Å². The summed E-state index contributed by atoms with van der Waals surface area (Å²) in [7, 11) is 0. The molecule has 160 valence electrons. The third kappa shape index (κ3) is 9.42. The van der Waals surface area contributed by atoms with Gasteiger partial charge in [-0.25, -0.2) is 9.79 Å². The molecular formula is C19H34IN5O2S. The molecule has 2 N–H and O–H groups in total. The molecule has 2 rings (SSSR count). The molecule has 1 aromatic rings. The second kappa shape index (κ2) is 12.5. The van der Waals surface area contributed by atoms with Gasteiger partial charge >= 0.3 is 6.09 Å². The van der Waals surface area contributed by atoms with E-state index in [9.17, 15) is 4.79 Å². The first-order valence-corrected chi connectivity index (χ1v) is 10.5. The molecule has 0 saturated carbocycles. The van der Waals surface area contributed by atoms with Gasteiger partial charge in [-0.15, -0.1) is 35.3 Å². The van der Waals surface area contributed by atoms with Gasteiger partial charge in [0, 0.05) is 50.7 Å². The Hall–Kier alpha value is -1.07. The van der Waals surface area contributed by atoms with Crippen molar-refractivity contribution in [2.45, 2.75) is 39.8 Å². The van der Waals surface area contributed by atoms with Crippen LogP contribution in [0.3, 0.4) is 0 Å². The second-order valence-electron chi connectivity index (χ2n) is 7.51. The summed E-state index contributed by atoms with van der Waals surface area (Å²) in [4.78, 5) is 22.1. The number of aliphatic imine (C=N–C) groups is 1. The molecule has 9 heteroatoms. The molecule has 1 fully saturated rings. The topological polar surface area (TPSA) is 69.2 Å². The molecule has 1 amide bonds. The van der Waals surface area contributed by atoms with Crippen LogP contribution in [0.25, 0.3) is 0 Å². The van der Waals surface area contributed by atoms with Gasteiger partial charge in [0.25, 0.3) is 0 Å². The van der Waals surface area contributed by atoms with Gasteiger partial charge in [-0.3, -0.25) is 4.90 Å². The Morgan fingerprint density at radius 2 is 1.96 bits per heavy atom. The van der Waals surface area contributed by atoms with Gasteiger partial charge in [-0.2, -0.15) is 0 Å². The van der Waals surface area contributed by atoms with E-state index in [1.165, 1.54) is 4.88 Å². The first-order valence-electron chi connectivity index (χ1n) is 9.62. The third-order valence-corrected chi connectivity index (χ3v) is 4.92. The van der Waals surface area contributed by atoms with E-state index in [1.807, 2.05) is 26.8 Å². The SMILES string of the molecule is CCNC(=NCc1cccs1)NCCN1CCN(C(=O)OC(C)(C)C)CC1.I. The van der Waals surface area contributed by atoms with Crippen molar-refractivity contribution in [2.75, 3.05) is 45.8 Å². The van der Waals surface area contributed by atoms with Crippen LogP contribution in [0, 0.1) is 0 Å². The maximum absolute atomic E-state index is 12.1. The standard InChI is InChI=1S/C19H33N5O2S.HI/c1-5-20-17(22-15-16-7-6-14-27-16)21-8-9-23-10-12-24(13-11-23)18(25)26-19(2,3)4;/h6-7,14H,5,8-13,15H2,1-4H3,(H2,20,21,22);1H. The summed E-state index contributed by atoms with van der Waals surface area (Å²) in [5.41, 5.74) is -0.441. The Balaban J connectivity index is 0.00000392. The largest absolute Gasteiger partial charge is 0.444 e. The highest BCUT2D eigenvalue weighted by atomic mass is 127. The van der Waals surface area contributed by atoms with Crippen LogP contribution in [-0.4, -0.2) is 73.3 Å². The average Bonchev–Trinajstić information content (AvgIpc) is 3.12. The fourth-order valence-corrected chi connectivity index (χ4v) is 3.34. The van der Waals surface area contributed by atoms with E-state index in [-0.39, 0.29) is 30.1 Å². The van der Waals surface area contributed by atoms with Crippen molar-refractivity contribution < 1.29 is 9.53 Å². The highest BCUT2D eigenvalue weighted by Crippen LogP contribution is 2.12. The van der Waals surface area contributed by atoms with Crippen molar-refractivity contribution in [2.24, 2.45) is 4.99 Å². The molecule has 28 heavy (non-hydrogen) atoms. The van der Waals surface area contributed by atoms with Gasteiger partial charge in [0.2, 0.25) is 0 Å². The lowest BCUT2D eigenvalue weighted by atomic mass is 10.2. The Bertz CT molecular complexity index is 596. The Labute approximate surface area is 189 Å². The van der Waals surface area contributed by atoms with Gasteiger partial charge in [0.15, 0.2) is 5.96 Å². The molecule has 0 aliphatic carbocycles. The number of nitrogens with zero attached hydrogens (tertiary/aromatic N) is 3. The molecule has 0 unspecified atom stereocenters. The predicted molar refractivity (Wildman–Crippen MR) is 127 cm³/mol. The summed E-state index contributed by atoms with van der Waals surface area (Å²) in [5.74, 6) is 0.846. The number of piperazine rings is 1. The van der Waals surface area contributed by atoms with Crippen LogP contribution in [0.5, 0.6) is 0 Å². The maximum atomic E-state index is 12.1. The molecule has 7 nitrogen and oxygen atoms in total. The van der Waals surface area contributed by atoms with E-state index in [1.54, 1.807) is 16.2 Å². The molecular weight excluding hydrogens is 489 g/mol. The van der Waals surface area contributed by atoms with Crippen molar-refractivity contribution in [1.82, 2.24) is 20.4 Å². The average molecular weight is 523 g/mol. The van der Waals surface area contributed by atoms with Crippen LogP contribution in [0.4, 0.5) is 4.79 Å². The summed E-state index contributed by atoms with van der Waals surface area (Å²) in [6, 6.07) is 4.15. The number of ether oxygens (including phenoxy) is 1. The Morgan fingerprint density at radius 3 is 2.54 bits per heavy atom. The summed E-state index contributed by atoms with van der Waals surface area (Å²) in [6.45, 7) is 14.2. The number of hydrogen-bond acceptors (Lipinski definition) is 5. The van der Waals surface area contributed by atoms with Crippen molar-refractivity contribution in [3.05, 3.63) is 22.4 Å². The molecule has 2 heterocycles. The van der Waals surface area contributed by atoms with Gasteiger partial charge in [0.1, 0.15) is 5.60 Å². The predicted octanol–water partition coefficient (Wildman–Crippen LogP) is 2.97. The lowest BCUT2D eigenvalue weighted by Gasteiger charge is -2.35. The fraction of sp³-hybridized carbons (Fsp3) is 0.684. The highest BCUT2D eigenvalue weighted by Gasteiger charge is 2.25. The zero-order valence-corrected chi connectivity index (χ0v) is 20.5. The van der Waals surface area contributed by atoms with Crippen LogP contribution in [0.1, 0.15) is 32.6 Å². The number of rotatable bonds is 6. The van der Waals surface area contributed by atoms with Crippen molar-refractivity contribution in [3.63, 3.8) is 0 Å². The third-order valence-electron chi connectivity index (χ3n) is 4.06. The molecule has 0 bridgehead atoms. The monoisotopic (exact) mass is 523 g/mol. The van der Waals surface area contributed by atoms with Crippen LogP contribution in [0.2, 0.25) is 0 Å². The van der Waals surface area contributed by atoms with E-state index in [0.717, 1.165) is 38.7 Å². The Morgan fingerprint density at radius 1 is 1.25 bits per heavy atom. The number of carbonyl (C=O) groups is 1. The molecule has 0 radical (unpaired) electrons. The van der Waals surface area contributed by atoms with E-state index in [4.69, 9.17) is 4.74 Å². The van der Waals surface area contributed by atoms with Gasteiger partial charge in [0.05, 0.1) is 6.54 Å². The van der Waals surface area contributed by atoms with Crippen molar-refractivity contribution >= 4 is 47.4 Å². The molecule has 1 aliphatic rings. The lowest BCUT2D eigenvalue weighted by Crippen LogP contribution is -2.51. The maximum Gasteiger partial charge on any atom is 0.410 e. The Kier molecular flexibility index (Phi) is 11.1. The van der Waals surface area contributed by atoms with Crippen LogP contribution >= 0.6 is 35.3 Å². The molecule has 0 aromatic carbocycles. The molecule has 1 saturated heterocycles. The summed E-state index contributed by atoms with van der Waals surface area (Å²) < 4.78 is 5.44. The van der Waals surface area contributed by atoms with E-state index in [0.29, 0.717) is 19.6 Å². The highest BCUT2D eigenvalue weighted by molar-refractivity contribution is 14.0. The van der Waals surface area contributed by atoms with Gasteiger partial charge in [-0.05, 0) is 39.1 Å². The number of amides is 1. The molecule has 0 spiro atoms. The minimum Gasteiger partial charge on any atom is -0.444 e. The van der Waals surface area contributed by atoms with Crippen LogP contribution in [-0.2, 0) is 11.3 Å². The first kappa shape index (κ1) is 25.0. The number of carbonyl (C=O) groups excluding carboxylic acids is 1. The number of thiophene rings is 1. The normalized spacial score (nSPS) is 15.7. The second-order valence-corrected chi connectivity index (χ2v) is 8.54. The molecule has 0 atom stereocenters. The van der Waals surface area contributed by atoms with E-state index in [2.05, 4.69) is 38.9 Å². The number of hydrogen-bond donors (Lipinski definition) is 2. The van der Waals surface area contributed by atoms with Crippen molar-refractivity contribution in [1.29, 1.82) is 0 Å². The van der Waals surface area contributed by atoms with E-state index >= 15 is 0 Å². The number of guanidine groups is 1. The first-order chi connectivity index (χ1) is 12.9. The van der Waals surface area contributed by atoms with Gasteiger partial charge in [-0.1, -0.05) is 6.07 Å². The lowest BCUT2D eigenvalue weighted by molar-refractivity contribution is 0.0147. The minimum absolute atomic E-state index is 0. The van der Waals surface area contributed by atoms with Crippen LogP contribution in [0.15, 0.2) is 22.5 Å².